The van der Waals surface area contributed by atoms with Gasteiger partial charge in [0.25, 0.3) is 0 Å². The lowest BCUT2D eigenvalue weighted by Crippen LogP contribution is -2.15. The van der Waals surface area contributed by atoms with Crippen molar-refractivity contribution in [3.8, 4) is 39.1 Å². The lowest BCUT2D eigenvalue weighted by molar-refractivity contribution is 0.517. The van der Waals surface area contributed by atoms with Gasteiger partial charge in [-0.1, -0.05) is 182 Å². The van der Waals surface area contributed by atoms with Gasteiger partial charge in [-0.15, -0.1) is 0 Å². The summed E-state index contributed by atoms with van der Waals surface area (Å²) in [5, 5.41) is 3.67. The fourth-order valence-electron chi connectivity index (χ4n) is 9.80. The van der Waals surface area contributed by atoms with Crippen LogP contribution >= 0.6 is 0 Å². The van der Waals surface area contributed by atoms with E-state index in [2.05, 4.69) is 246 Å². The Kier molecular flexibility index (Phi) is 8.97. The zero-order valence-electron chi connectivity index (χ0n) is 34.6. The van der Waals surface area contributed by atoms with Crippen molar-refractivity contribution in [2.45, 2.75) is 12.3 Å². The highest BCUT2D eigenvalue weighted by atomic mass is 16.3. The molecule has 11 aromatic rings. The van der Waals surface area contributed by atoms with Crippen LogP contribution in [0.1, 0.15) is 29.2 Å². The van der Waals surface area contributed by atoms with E-state index in [-0.39, 0.29) is 5.92 Å². The van der Waals surface area contributed by atoms with Crippen LogP contribution in [0, 0.1) is 0 Å². The number of allylic oxidation sites excluding steroid dienone is 1. The molecule has 1 unspecified atom stereocenters. The van der Waals surface area contributed by atoms with Crippen molar-refractivity contribution >= 4 is 55.9 Å². The molecule has 1 aliphatic carbocycles. The van der Waals surface area contributed by atoms with Gasteiger partial charge in [-0.25, -0.2) is 0 Å². The van der Waals surface area contributed by atoms with E-state index in [1.54, 1.807) is 0 Å². The van der Waals surface area contributed by atoms with Crippen LogP contribution in [0.5, 0.6) is 0 Å². The highest BCUT2D eigenvalue weighted by Crippen LogP contribution is 2.47. The molecule has 0 N–H and O–H groups in total. The maximum absolute atomic E-state index is 6.69. The average Bonchev–Trinajstić information content (AvgIpc) is 3.91. The second kappa shape index (κ2) is 15.4. The van der Waals surface area contributed by atoms with Gasteiger partial charge in [0.1, 0.15) is 11.3 Å². The maximum atomic E-state index is 6.69. The van der Waals surface area contributed by atoms with Gasteiger partial charge in [-0.2, -0.15) is 0 Å². The smallest absolute Gasteiger partial charge is 0.134 e. The highest BCUT2D eigenvalue weighted by Gasteiger charge is 2.29. The number of hydrogen-bond donors (Lipinski definition) is 0. The predicted molar refractivity (Wildman–Crippen MR) is 263 cm³/mol. The summed E-state index contributed by atoms with van der Waals surface area (Å²) in [6.07, 6.45) is 5.39. The summed E-state index contributed by atoms with van der Waals surface area (Å²) in [6.45, 7) is 0. The number of hydrogen-bond acceptors (Lipinski definition) is 2. The molecule has 0 bridgehead atoms. The summed E-state index contributed by atoms with van der Waals surface area (Å²) in [5.74, 6) is 1.08. The third-order valence-electron chi connectivity index (χ3n) is 12.8. The number of nitrogens with zero attached hydrogens (tertiary/aromatic N) is 2. The van der Waals surface area contributed by atoms with Gasteiger partial charge in [-0.3, -0.25) is 0 Å². The van der Waals surface area contributed by atoms with Crippen LogP contribution < -0.4 is 4.90 Å². The van der Waals surface area contributed by atoms with Gasteiger partial charge >= 0.3 is 0 Å². The van der Waals surface area contributed by atoms with Gasteiger partial charge < -0.3 is 13.9 Å². The van der Waals surface area contributed by atoms with E-state index in [1.165, 1.54) is 60.8 Å². The van der Waals surface area contributed by atoms with Crippen molar-refractivity contribution in [3.05, 3.63) is 247 Å². The molecule has 0 saturated heterocycles. The van der Waals surface area contributed by atoms with Gasteiger partial charge in [0, 0.05) is 44.6 Å². The van der Waals surface area contributed by atoms with Crippen molar-refractivity contribution in [2.75, 3.05) is 4.90 Å². The minimum atomic E-state index is 0.0517. The van der Waals surface area contributed by atoms with Crippen LogP contribution in [0.25, 0.3) is 77.9 Å². The van der Waals surface area contributed by atoms with Crippen LogP contribution in [0.4, 0.5) is 17.1 Å². The molecule has 2 aromatic heterocycles. The fraction of sp³-hybridized carbons (Fsp3) is 0.0333. The van der Waals surface area contributed by atoms with Crippen molar-refractivity contribution in [1.82, 2.24) is 4.57 Å². The van der Waals surface area contributed by atoms with Crippen LogP contribution in [-0.4, -0.2) is 4.57 Å². The Balaban J connectivity index is 0.968. The van der Waals surface area contributed by atoms with Gasteiger partial charge in [0.05, 0.1) is 22.4 Å². The fourth-order valence-corrected chi connectivity index (χ4v) is 9.80. The third-order valence-corrected chi connectivity index (χ3v) is 12.8. The van der Waals surface area contributed by atoms with E-state index in [9.17, 15) is 0 Å². The molecule has 0 aliphatic heterocycles. The lowest BCUT2D eigenvalue weighted by atomic mass is 9.85. The number of furan rings is 1. The number of fused-ring (bicyclic) bond motifs is 6. The number of benzene rings is 9. The Morgan fingerprint density at radius 1 is 0.429 bits per heavy atom. The molecule has 0 fully saturated rings. The lowest BCUT2D eigenvalue weighted by Gasteiger charge is -2.30. The standard InChI is InChI=1S/C60H42N2O/c1-2-15-41(16-3-1)42-29-31-43(32-30-42)44-33-37-46(38-34-44)61(56-25-10-7-20-51(56)53-22-14-23-54-52-21-8-13-28-59(52)63-60(53)54)47-39-35-45(36-40-47)48-17-4-9-24-55(48)62-57-26-11-5-18-49(57)50-19-6-12-27-58(50)62/h1-21,23-40,53H,22H2. The predicted octanol–water partition coefficient (Wildman–Crippen LogP) is 16.5. The molecule has 12 rings (SSSR count). The molecule has 1 atom stereocenters. The van der Waals surface area contributed by atoms with Crippen molar-refractivity contribution in [2.24, 2.45) is 0 Å². The number of aromatic nitrogens is 1. The van der Waals surface area contributed by atoms with Crippen LogP contribution in [-0.2, 0) is 0 Å². The summed E-state index contributed by atoms with van der Waals surface area (Å²) in [5.41, 5.74) is 17.3. The van der Waals surface area contributed by atoms with Crippen LogP contribution in [0.15, 0.2) is 235 Å². The van der Waals surface area contributed by atoms with E-state index >= 15 is 0 Å². The molecule has 0 spiro atoms. The molecule has 9 aromatic carbocycles. The Morgan fingerprint density at radius 3 is 1.62 bits per heavy atom. The SMILES string of the molecule is C1=Cc2c(oc3ccccc23)C(c2ccccc2N(c2ccc(-c3ccc(-c4ccccc4)cc3)cc2)c2ccc(-c3ccccc3-n3c4ccccc4c4ccccc43)cc2)C1. The molecule has 3 nitrogen and oxygen atoms in total. The Hall–Kier alpha value is -8.14. The summed E-state index contributed by atoms with van der Waals surface area (Å²) in [6, 6.07) is 81.0. The molecule has 3 heteroatoms. The van der Waals surface area contributed by atoms with Gasteiger partial charge in [0.15, 0.2) is 0 Å². The molecule has 0 radical (unpaired) electrons. The molecule has 2 heterocycles. The molecule has 298 valence electrons. The first-order valence-corrected chi connectivity index (χ1v) is 21.8. The first-order valence-electron chi connectivity index (χ1n) is 21.8. The Morgan fingerprint density at radius 2 is 0.937 bits per heavy atom. The normalized spacial score (nSPS) is 13.4. The monoisotopic (exact) mass is 806 g/mol. The van der Waals surface area contributed by atoms with Crippen molar-refractivity contribution in [1.29, 1.82) is 0 Å². The quantitative estimate of drug-likeness (QED) is 0.153. The molecule has 0 saturated carbocycles. The highest BCUT2D eigenvalue weighted by molar-refractivity contribution is 6.09. The minimum Gasteiger partial charge on any atom is -0.460 e. The number of rotatable bonds is 8. The molecular formula is C60H42N2O. The Bertz CT molecular complexity index is 3410. The summed E-state index contributed by atoms with van der Waals surface area (Å²) >= 11 is 0. The van der Waals surface area contributed by atoms with E-state index in [1.807, 2.05) is 0 Å². The summed E-state index contributed by atoms with van der Waals surface area (Å²) in [4.78, 5) is 2.42. The summed E-state index contributed by atoms with van der Waals surface area (Å²) < 4.78 is 9.11. The van der Waals surface area contributed by atoms with E-state index in [0.29, 0.717) is 0 Å². The number of anilines is 3. The van der Waals surface area contributed by atoms with E-state index < -0.39 is 0 Å². The zero-order valence-corrected chi connectivity index (χ0v) is 34.6. The molecule has 0 amide bonds. The van der Waals surface area contributed by atoms with E-state index in [0.717, 1.165) is 51.5 Å². The number of para-hydroxylation sites is 5. The minimum absolute atomic E-state index is 0.0517. The van der Waals surface area contributed by atoms with Crippen molar-refractivity contribution < 1.29 is 4.42 Å². The Labute approximate surface area is 367 Å². The molecule has 63 heavy (non-hydrogen) atoms. The second-order valence-corrected chi connectivity index (χ2v) is 16.4. The van der Waals surface area contributed by atoms with Crippen LogP contribution in [0.2, 0.25) is 0 Å². The topological polar surface area (TPSA) is 21.3 Å². The first kappa shape index (κ1) is 36.7. The van der Waals surface area contributed by atoms with Crippen LogP contribution in [0.3, 0.4) is 0 Å². The third kappa shape index (κ3) is 6.36. The maximum Gasteiger partial charge on any atom is 0.134 e. The summed E-state index contributed by atoms with van der Waals surface area (Å²) in [7, 11) is 0. The largest absolute Gasteiger partial charge is 0.460 e. The molecular weight excluding hydrogens is 765 g/mol. The van der Waals surface area contributed by atoms with Gasteiger partial charge in [-0.05, 0) is 94.4 Å². The second-order valence-electron chi connectivity index (χ2n) is 16.4. The van der Waals surface area contributed by atoms with E-state index in [4.69, 9.17) is 4.42 Å². The van der Waals surface area contributed by atoms with Gasteiger partial charge in [0.2, 0.25) is 0 Å². The van der Waals surface area contributed by atoms with Crippen molar-refractivity contribution in [3.63, 3.8) is 0 Å². The zero-order chi connectivity index (χ0) is 41.7. The molecule has 1 aliphatic rings. The average molecular weight is 807 g/mol. The first-order chi connectivity index (χ1) is 31.3.